The average molecular weight is 359 g/mol. The number of unbranched alkanes of at least 4 members (excludes halogenated alkanes) is 1. The molecule has 0 saturated carbocycles. The van der Waals surface area contributed by atoms with Crippen molar-refractivity contribution in [2.45, 2.75) is 26.2 Å². The second-order valence-corrected chi connectivity index (χ2v) is 5.90. The molecule has 0 bridgehead atoms. The summed E-state index contributed by atoms with van der Waals surface area (Å²) in [6.07, 6.45) is 2.98. The van der Waals surface area contributed by atoms with Gasteiger partial charge in [0.05, 0.1) is 5.71 Å². The van der Waals surface area contributed by atoms with E-state index in [1.54, 1.807) is 12.1 Å². The summed E-state index contributed by atoms with van der Waals surface area (Å²) in [4.78, 5) is 12.2. The second kappa shape index (κ2) is 8.49. The monoisotopic (exact) mass is 358 g/mol. The topological polar surface area (TPSA) is 41.5 Å². The molecule has 3 nitrogen and oxygen atoms in total. The highest BCUT2D eigenvalue weighted by Gasteiger charge is 2.07. The molecule has 1 N–H and O–H groups in total. The molecule has 0 heterocycles. The zero-order chi connectivity index (χ0) is 15.8. The second-order valence-electron chi connectivity index (χ2n) is 4.98. The van der Waals surface area contributed by atoms with Gasteiger partial charge in [0.2, 0.25) is 0 Å². The molecule has 0 saturated heterocycles. The van der Waals surface area contributed by atoms with Crippen molar-refractivity contribution in [2.75, 3.05) is 0 Å². The summed E-state index contributed by atoms with van der Waals surface area (Å²) in [5.41, 5.74) is 5.20. The van der Waals surface area contributed by atoms with Crippen LogP contribution in [0.1, 0.15) is 42.1 Å². The van der Waals surface area contributed by atoms with Crippen LogP contribution in [0.25, 0.3) is 0 Å². The van der Waals surface area contributed by atoms with Crippen LogP contribution in [-0.4, -0.2) is 11.6 Å². The van der Waals surface area contributed by atoms with Crippen molar-refractivity contribution in [3.05, 3.63) is 70.2 Å². The molecule has 0 fully saturated rings. The van der Waals surface area contributed by atoms with E-state index in [9.17, 15) is 4.79 Å². The number of hydrogen-bond acceptors (Lipinski definition) is 2. The van der Waals surface area contributed by atoms with Crippen LogP contribution in [0.5, 0.6) is 0 Å². The van der Waals surface area contributed by atoms with E-state index < -0.39 is 0 Å². The molecule has 0 spiro atoms. The highest BCUT2D eigenvalue weighted by molar-refractivity contribution is 9.10. The molecule has 114 valence electrons. The SMILES string of the molecule is CCCC/C(=N/NC(=O)c1cccc(Br)c1)c1ccccc1. The third-order valence-electron chi connectivity index (χ3n) is 3.25. The summed E-state index contributed by atoms with van der Waals surface area (Å²) in [6, 6.07) is 17.2. The van der Waals surface area contributed by atoms with E-state index in [1.165, 1.54) is 0 Å². The average Bonchev–Trinajstić information content (AvgIpc) is 2.55. The van der Waals surface area contributed by atoms with Crippen molar-refractivity contribution >= 4 is 27.5 Å². The Morgan fingerprint density at radius 1 is 1.09 bits per heavy atom. The number of nitrogens with zero attached hydrogens (tertiary/aromatic N) is 1. The molecular formula is C18H19BrN2O. The number of halogens is 1. The first kappa shape index (κ1) is 16.4. The van der Waals surface area contributed by atoms with Gasteiger partial charge in [0.15, 0.2) is 0 Å². The van der Waals surface area contributed by atoms with Gasteiger partial charge in [-0.05, 0) is 36.6 Å². The van der Waals surface area contributed by atoms with E-state index in [1.807, 2.05) is 42.5 Å². The lowest BCUT2D eigenvalue weighted by atomic mass is 10.1. The molecular weight excluding hydrogens is 340 g/mol. The number of carbonyl (C=O) groups is 1. The zero-order valence-corrected chi connectivity index (χ0v) is 14.1. The Morgan fingerprint density at radius 3 is 2.50 bits per heavy atom. The fourth-order valence-electron chi connectivity index (χ4n) is 2.05. The summed E-state index contributed by atoms with van der Waals surface area (Å²) in [5.74, 6) is -0.203. The molecule has 0 atom stereocenters. The van der Waals surface area contributed by atoms with E-state index in [4.69, 9.17) is 0 Å². The summed E-state index contributed by atoms with van der Waals surface area (Å²) in [7, 11) is 0. The predicted octanol–water partition coefficient (Wildman–Crippen LogP) is 4.77. The highest BCUT2D eigenvalue weighted by Crippen LogP contribution is 2.12. The smallest absolute Gasteiger partial charge is 0.267 e. The van der Waals surface area contributed by atoms with Crippen LogP contribution in [0.3, 0.4) is 0 Å². The number of hydrogen-bond donors (Lipinski definition) is 1. The van der Waals surface area contributed by atoms with Crippen molar-refractivity contribution in [3.63, 3.8) is 0 Å². The number of carbonyl (C=O) groups excluding carboxylic acids is 1. The first-order valence-electron chi connectivity index (χ1n) is 7.38. The molecule has 0 aliphatic carbocycles. The standard InChI is InChI=1S/C18H19BrN2O/c1-2-3-12-17(14-8-5-4-6-9-14)20-21-18(22)15-10-7-11-16(19)13-15/h4-11,13H,2-3,12H2,1H3,(H,21,22)/b20-17-. The Hall–Kier alpha value is -1.94. The lowest BCUT2D eigenvalue weighted by Gasteiger charge is -2.07. The van der Waals surface area contributed by atoms with E-state index in [-0.39, 0.29) is 5.91 Å². The maximum Gasteiger partial charge on any atom is 0.271 e. The largest absolute Gasteiger partial charge is 0.271 e. The van der Waals surface area contributed by atoms with E-state index in [2.05, 4.69) is 33.4 Å². The number of hydrazone groups is 1. The number of benzene rings is 2. The third-order valence-corrected chi connectivity index (χ3v) is 3.75. The minimum absolute atomic E-state index is 0.203. The fraction of sp³-hybridized carbons (Fsp3) is 0.222. The van der Waals surface area contributed by atoms with Crippen molar-refractivity contribution in [1.29, 1.82) is 0 Å². The van der Waals surface area contributed by atoms with Gasteiger partial charge in [-0.15, -0.1) is 0 Å². The van der Waals surface area contributed by atoms with Crippen molar-refractivity contribution in [2.24, 2.45) is 5.10 Å². The Bertz CT molecular complexity index is 653. The molecule has 0 radical (unpaired) electrons. The molecule has 2 rings (SSSR count). The van der Waals surface area contributed by atoms with Gasteiger partial charge >= 0.3 is 0 Å². The summed E-state index contributed by atoms with van der Waals surface area (Å²) >= 11 is 3.37. The first-order chi connectivity index (χ1) is 10.7. The lowest BCUT2D eigenvalue weighted by Crippen LogP contribution is -2.20. The van der Waals surface area contributed by atoms with Crippen LogP contribution >= 0.6 is 15.9 Å². The summed E-state index contributed by atoms with van der Waals surface area (Å²) in [6.45, 7) is 2.14. The van der Waals surface area contributed by atoms with E-state index >= 15 is 0 Å². The maximum absolute atomic E-state index is 12.2. The highest BCUT2D eigenvalue weighted by atomic mass is 79.9. The van der Waals surface area contributed by atoms with Crippen molar-refractivity contribution in [1.82, 2.24) is 5.43 Å². The van der Waals surface area contributed by atoms with Crippen LogP contribution < -0.4 is 5.43 Å². The Kier molecular flexibility index (Phi) is 6.34. The Morgan fingerprint density at radius 2 is 1.82 bits per heavy atom. The molecule has 2 aromatic rings. The van der Waals surface area contributed by atoms with Crippen molar-refractivity contribution in [3.8, 4) is 0 Å². The predicted molar refractivity (Wildman–Crippen MR) is 94.1 cm³/mol. The molecule has 4 heteroatoms. The van der Waals surface area contributed by atoms with Gasteiger partial charge in [0, 0.05) is 10.0 Å². The Labute approximate surface area is 139 Å². The minimum atomic E-state index is -0.203. The van der Waals surface area contributed by atoms with Gasteiger partial charge in [-0.1, -0.05) is 65.7 Å². The minimum Gasteiger partial charge on any atom is -0.267 e. The third kappa shape index (κ3) is 4.81. The zero-order valence-electron chi connectivity index (χ0n) is 12.6. The normalized spacial score (nSPS) is 11.3. The van der Waals surface area contributed by atoms with Gasteiger partial charge in [-0.2, -0.15) is 5.10 Å². The van der Waals surface area contributed by atoms with E-state index in [0.717, 1.165) is 35.0 Å². The fourth-order valence-corrected chi connectivity index (χ4v) is 2.45. The molecule has 1 amide bonds. The number of amides is 1. The lowest BCUT2D eigenvalue weighted by molar-refractivity contribution is 0.0954. The summed E-state index contributed by atoms with van der Waals surface area (Å²) < 4.78 is 0.874. The first-order valence-corrected chi connectivity index (χ1v) is 8.18. The number of nitrogens with one attached hydrogen (secondary N) is 1. The van der Waals surface area contributed by atoms with Crippen LogP contribution in [0, 0.1) is 0 Å². The van der Waals surface area contributed by atoms with Crippen LogP contribution in [-0.2, 0) is 0 Å². The molecule has 0 unspecified atom stereocenters. The van der Waals surface area contributed by atoms with Gasteiger partial charge in [-0.25, -0.2) is 5.43 Å². The quantitative estimate of drug-likeness (QED) is 0.586. The van der Waals surface area contributed by atoms with Crippen LogP contribution in [0.2, 0.25) is 0 Å². The van der Waals surface area contributed by atoms with Gasteiger partial charge in [-0.3, -0.25) is 4.79 Å². The molecule has 0 aromatic heterocycles. The maximum atomic E-state index is 12.2. The van der Waals surface area contributed by atoms with Crippen molar-refractivity contribution < 1.29 is 4.79 Å². The molecule has 0 aliphatic heterocycles. The van der Waals surface area contributed by atoms with Gasteiger partial charge in [0.1, 0.15) is 0 Å². The summed E-state index contributed by atoms with van der Waals surface area (Å²) in [5, 5.41) is 4.34. The molecule has 22 heavy (non-hydrogen) atoms. The number of rotatable bonds is 6. The van der Waals surface area contributed by atoms with Gasteiger partial charge < -0.3 is 0 Å². The molecule has 0 aliphatic rings. The van der Waals surface area contributed by atoms with Crippen LogP contribution in [0.15, 0.2) is 64.2 Å². The molecule has 2 aromatic carbocycles. The van der Waals surface area contributed by atoms with E-state index in [0.29, 0.717) is 5.56 Å². The van der Waals surface area contributed by atoms with Crippen LogP contribution in [0.4, 0.5) is 0 Å². The van der Waals surface area contributed by atoms with Gasteiger partial charge in [0.25, 0.3) is 5.91 Å². The Balaban J connectivity index is 2.14.